The van der Waals surface area contributed by atoms with Crippen molar-refractivity contribution in [1.29, 1.82) is 5.26 Å². The van der Waals surface area contributed by atoms with Crippen molar-refractivity contribution in [3.8, 4) is 23.1 Å². The average molecular weight is 426 g/mol. The van der Waals surface area contributed by atoms with Gasteiger partial charge in [0.1, 0.15) is 22.4 Å². The van der Waals surface area contributed by atoms with Crippen molar-refractivity contribution in [2.45, 2.75) is 26.9 Å². The zero-order valence-corrected chi connectivity index (χ0v) is 17.4. The van der Waals surface area contributed by atoms with Crippen LogP contribution in [0, 0.1) is 17.2 Å². The van der Waals surface area contributed by atoms with Gasteiger partial charge in [-0.3, -0.25) is 0 Å². The Labute approximate surface area is 178 Å². The summed E-state index contributed by atoms with van der Waals surface area (Å²) < 4.78 is 29.6. The van der Waals surface area contributed by atoms with E-state index in [1.165, 1.54) is 29.2 Å². The second-order valence-corrected chi connectivity index (χ2v) is 7.88. The molecule has 1 aromatic heterocycles. The minimum Gasteiger partial charge on any atom is -0.433 e. The van der Waals surface area contributed by atoms with E-state index in [9.17, 15) is 14.0 Å². The van der Waals surface area contributed by atoms with E-state index in [0.29, 0.717) is 22.2 Å². The van der Waals surface area contributed by atoms with Gasteiger partial charge in [0.2, 0.25) is 0 Å². The van der Waals surface area contributed by atoms with Crippen molar-refractivity contribution in [2.24, 2.45) is 5.92 Å². The molecule has 154 valence electrons. The van der Waals surface area contributed by atoms with Gasteiger partial charge in [0.15, 0.2) is 0 Å². The number of allylic oxidation sites excluding steroid dienone is 1. The van der Waals surface area contributed by atoms with E-state index in [1.54, 1.807) is 18.2 Å². The van der Waals surface area contributed by atoms with E-state index in [0.717, 1.165) is 17.7 Å². The molecule has 0 aliphatic heterocycles. The number of alkyl halides is 2. The van der Waals surface area contributed by atoms with Crippen LogP contribution in [0.15, 0.2) is 60.1 Å². The fourth-order valence-corrected chi connectivity index (χ4v) is 3.68. The average Bonchev–Trinajstić information content (AvgIpc) is 3.19. The van der Waals surface area contributed by atoms with Crippen LogP contribution in [-0.4, -0.2) is 11.6 Å². The molecule has 1 N–H and O–H groups in total. The van der Waals surface area contributed by atoms with Gasteiger partial charge in [0.05, 0.1) is 11.4 Å². The number of benzene rings is 2. The normalized spacial score (nSPS) is 11.6. The molecule has 0 unspecified atom stereocenters. The second kappa shape index (κ2) is 9.99. The van der Waals surface area contributed by atoms with Gasteiger partial charge in [-0.2, -0.15) is 14.0 Å². The Balaban J connectivity index is 1.77. The molecule has 0 aliphatic rings. The summed E-state index contributed by atoms with van der Waals surface area (Å²) >= 11 is 1.35. The minimum atomic E-state index is -2.93. The Hall–Kier alpha value is -3.24. The van der Waals surface area contributed by atoms with Crippen molar-refractivity contribution in [1.82, 2.24) is 4.98 Å². The van der Waals surface area contributed by atoms with E-state index in [2.05, 4.69) is 47.1 Å². The molecule has 0 radical (unpaired) electrons. The highest BCUT2D eigenvalue weighted by molar-refractivity contribution is 7.11. The van der Waals surface area contributed by atoms with Gasteiger partial charge in [-0.25, -0.2) is 4.98 Å². The Morgan fingerprint density at radius 1 is 1.20 bits per heavy atom. The number of anilines is 1. The lowest BCUT2D eigenvalue weighted by atomic mass is 10.0. The van der Waals surface area contributed by atoms with Crippen LogP contribution in [0.25, 0.3) is 16.8 Å². The molecule has 0 fully saturated rings. The smallest absolute Gasteiger partial charge is 0.387 e. The number of halogens is 2. The summed E-state index contributed by atoms with van der Waals surface area (Å²) in [5.74, 6) is 0.594. The van der Waals surface area contributed by atoms with Crippen molar-refractivity contribution in [3.05, 3.63) is 70.7 Å². The maximum absolute atomic E-state index is 12.6. The molecule has 2 aromatic carbocycles. The lowest BCUT2D eigenvalue weighted by Gasteiger charge is -2.10. The largest absolute Gasteiger partial charge is 0.433 e. The summed E-state index contributed by atoms with van der Waals surface area (Å²) in [5, 5.41) is 14.8. The van der Waals surface area contributed by atoms with Crippen molar-refractivity contribution >= 4 is 22.6 Å². The lowest BCUT2D eigenvalue weighted by molar-refractivity contribution is -0.0493. The first-order valence-corrected chi connectivity index (χ1v) is 10.3. The van der Waals surface area contributed by atoms with Crippen LogP contribution in [0.3, 0.4) is 0 Å². The fraction of sp³-hybridized carbons (Fsp3) is 0.217. The molecule has 3 aromatic rings. The van der Waals surface area contributed by atoms with Gasteiger partial charge in [0, 0.05) is 17.1 Å². The number of thiazole rings is 1. The molecule has 3 rings (SSSR count). The highest BCUT2D eigenvalue weighted by Crippen LogP contribution is 2.29. The quantitative estimate of drug-likeness (QED) is 0.414. The Bertz CT molecular complexity index is 1050. The van der Waals surface area contributed by atoms with Gasteiger partial charge in [0.25, 0.3) is 0 Å². The summed E-state index contributed by atoms with van der Waals surface area (Å²) in [6.45, 7) is 1.44. The number of nitriles is 1. The van der Waals surface area contributed by atoms with E-state index >= 15 is 0 Å². The molecule has 1 heterocycles. The number of aromatic nitrogens is 1. The Kier molecular flexibility index (Phi) is 7.15. The molecule has 0 bridgehead atoms. The second-order valence-electron chi connectivity index (χ2n) is 7.02. The molecule has 0 saturated heterocycles. The number of ether oxygens (including phenoxy) is 1. The molecule has 0 amide bonds. The molecule has 30 heavy (non-hydrogen) atoms. The summed E-state index contributed by atoms with van der Waals surface area (Å²) in [6, 6.07) is 16.7. The molecule has 0 saturated carbocycles. The molecule has 7 heteroatoms. The van der Waals surface area contributed by atoms with E-state index < -0.39 is 6.61 Å². The highest BCUT2D eigenvalue weighted by Gasteiger charge is 2.11. The fourth-order valence-electron chi connectivity index (χ4n) is 2.89. The third-order valence-electron chi connectivity index (χ3n) is 4.22. The maximum atomic E-state index is 12.6. The van der Waals surface area contributed by atoms with Crippen molar-refractivity contribution < 1.29 is 13.5 Å². The third-order valence-corrected chi connectivity index (χ3v) is 5.10. The zero-order valence-electron chi connectivity index (χ0n) is 16.6. The van der Waals surface area contributed by atoms with Gasteiger partial charge in [-0.05, 0) is 30.0 Å². The number of hydrogen-bond acceptors (Lipinski definition) is 5. The van der Waals surface area contributed by atoms with Crippen LogP contribution in [0.2, 0.25) is 0 Å². The van der Waals surface area contributed by atoms with Crippen molar-refractivity contribution in [2.75, 3.05) is 5.32 Å². The van der Waals surface area contributed by atoms with Gasteiger partial charge >= 0.3 is 6.61 Å². The van der Waals surface area contributed by atoms with Crippen molar-refractivity contribution in [3.63, 3.8) is 0 Å². The SMILES string of the molecule is CC(C)Cc1ccc(-c2csc(C(C#N)=CNc3ccccc3OC(F)F)n2)cc1. The molecular weight excluding hydrogens is 404 g/mol. The Morgan fingerprint density at radius 3 is 2.60 bits per heavy atom. The monoisotopic (exact) mass is 425 g/mol. The van der Waals surface area contributed by atoms with Gasteiger partial charge in [-0.1, -0.05) is 50.2 Å². The molecule has 0 atom stereocenters. The van der Waals surface area contributed by atoms with Gasteiger partial charge < -0.3 is 10.1 Å². The van der Waals surface area contributed by atoms with Crippen LogP contribution in [0.4, 0.5) is 14.5 Å². The lowest BCUT2D eigenvalue weighted by Crippen LogP contribution is -2.04. The van der Waals surface area contributed by atoms with E-state index in [-0.39, 0.29) is 5.75 Å². The number of nitrogens with zero attached hydrogens (tertiary/aromatic N) is 2. The van der Waals surface area contributed by atoms with E-state index in [1.807, 2.05) is 17.5 Å². The standard InChI is InChI=1S/C23H21F2N3OS/c1-15(2)11-16-7-9-17(10-8-16)20-14-30-22(28-20)18(12-26)13-27-19-5-3-4-6-21(19)29-23(24)25/h3-10,13-15,23,27H,11H2,1-2H3. The number of nitrogens with one attached hydrogen (secondary N) is 1. The summed E-state index contributed by atoms with van der Waals surface area (Å²) in [5.41, 5.74) is 3.67. The molecular formula is C23H21F2N3OS. The summed E-state index contributed by atoms with van der Waals surface area (Å²) in [6.07, 6.45) is 2.47. The summed E-state index contributed by atoms with van der Waals surface area (Å²) in [7, 11) is 0. The first-order valence-electron chi connectivity index (χ1n) is 9.42. The van der Waals surface area contributed by atoms with Crippen LogP contribution in [-0.2, 0) is 6.42 Å². The number of rotatable bonds is 8. The number of hydrogen-bond donors (Lipinski definition) is 1. The zero-order chi connectivity index (χ0) is 21.5. The predicted molar refractivity (Wildman–Crippen MR) is 116 cm³/mol. The molecule has 0 spiro atoms. The van der Waals surface area contributed by atoms with Crippen LogP contribution in [0.5, 0.6) is 5.75 Å². The topological polar surface area (TPSA) is 57.9 Å². The van der Waals surface area contributed by atoms with Crippen LogP contribution in [0.1, 0.15) is 24.4 Å². The van der Waals surface area contributed by atoms with Gasteiger partial charge in [-0.15, -0.1) is 11.3 Å². The Morgan fingerprint density at radius 2 is 1.93 bits per heavy atom. The molecule has 0 aliphatic carbocycles. The summed E-state index contributed by atoms with van der Waals surface area (Å²) in [4.78, 5) is 4.56. The predicted octanol–water partition coefficient (Wildman–Crippen LogP) is 6.59. The molecule has 4 nitrogen and oxygen atoms in total. The van der Waals surface area contributed by atoms with Crippen LogP contribution >= 0.6 is 11.3 Å². The highest BCUT2D eigenvalue weighted by atomic mass is 32.1. The first-order chi connectivity index (χ1) is 14.5. The van der Waals surface area contributed by atoms with E-state index in [4.69, 9.17) is 0 Å². The maximum Gasteiger partial charge on any atom is 0.387 e. The number of para-hydroxylation sites is 2. The minimum absolute atomic E-state index is 0.00218. The first kappa shape index (κ1) is 21.5. The van der Waals surface area contributed by atoms with Crippen LogP contribution < -0.4 is 10.1 Å². The third kappa shape index (κ3) is 5.65.